The van der Waals surface area contributed by atoms with Gasteiger partial charge < -0.3 is 5.11 Å². The van der Waals surface area contributed by atoms with E-state index in [4.69, 9.17) is 0 Å². The Morgan fingerprint density at radius 1 is 0.850 bits per heavy atom. The zero-order chi connectivity index (χ0) is 14.1. The normalized spacial score (nSPS) is 12.5. The molecule has 0 fully saturated rings. The summed E-state index contributed by atoms with van der Waals surface area (Å²) in [5, 5.41) is 12.5. The molecule has 0 saturated carbocycles. The van der Waals surface area contributed by atoms with Crippen molar-refractivity contribution in [1.29, 1.82) is 0 Å². The minimum Gasteiger partial charge on any atom is -0.507 e. The van der Waals surface area contributed by atoms with Crippen LogP contribution in [-0.2, 0) is 0 Å². The Bertz CT molecular complexity index is 741. The summed E-state index contributed by atoms with van der Waals surface area (Å²) in [4.78, 5) is 0. The first-order valence-corrected chi connectivity index (χ1v) is 6.94. The second-order valence-corrected chi connectivity index (χ2v) is 5.36. The predicted molar refractivity (Wildman–Crippen MR) is 84.3 cm³/mol. The minimum atomic E-state index is 0.181. The number of phenolic OH excluding ortho intramolecular Hbond substituents is 1. The summed E-state index contributed by atoms with van der Waals surface area (Å²) in [6.45, 7) is 4.22. The van der Waals surface area contributed by atoms with Gasteiger partial charge in [-0.3, -0.25) is 0 Å². The molecule has 0 bridgehead atoms. The van der Waals surface area contributed by atoms with E-state index in [1.165, 1.54) is 11.1 Å². The second-order valence-electron chi connectivity index (χ2n) is 5.36. The molecule has 0 aliphatic heterocycles. The Labute approximate surface area is 119 Å². The van der Waals surface area contributed by atoms with Gasteiger partial charge in [0.05, 0.1) is 0 Å². The Morgan fingerprint density at radius 3 is 2.30 bits per heavy atom. The lowest BCUT2D eigenvalue weighted by molar-refractivity contribution is 0.472. The Balaban J connectivity index is 2.09. The van der Waals surface area contributed by atoms with E-state index in [1.807, 2.05) is 30.3 Å². The number of rotatable bonds is 2. The average molecular weight is 262 g/mol. The smallest absolute Gasteiger partial charge is 0.127 e. The van der Waals surface area contributed by atoms with Crippen LogP contribution in [0.5, 0.6) is 5.75 Å². The molecule has 0 saturated heterocycles. The van der Waals surface area contributed by atoms with Crippen molar-refractivity contribution in [3.63, 3.8) is 0 Å². The van der Waals surface area contributed by atoms with E-state index in [9.17, 15) is 5.11 Å². The first-order valence-electron chi connectivity index (χ1n) is 6.94. The van der Waals surface area contributed by atoms with Gasteiger partial charge in [-0.2, -0.15) is 0 Å². The molecule has 0 amide bonds. The highest BCUT2D eigenvalue weighted by Crippen LogP contribution is 2.36. The Kier molecular flexibility index (Phi) is 3.19. The van der Waals surface area contributed by atoms with E-state index < -0.39 is 0 Å². The molecule has 0 heterocycles. The molecule has 0 aliphatic carbocycles. The van der Waals surface area contributed by atoms with E-state index in [1.54, 1.807) is 0 Å². The lowest BCUT2D eigenvalue weighted by Gasteiger charge is -2.16. The molecule has 0 aliphatic rings. The van der Waals surface area contributed by atoms with Crippen molar-refractivity contribution in [1.82, 2.24) is 0 Å². The maximum atomic E-state index is 10.5. The number of phenols is 1. The van der Waals surface area contributed by atoms with Crippen molar-refractivity contribution < 1.29 is 5.11 Å². The van der Waals surface area contributed by atoms with Crippen LogP contribution < -0.4 is 0 Å². The van der Waals surface area contributed by atoms with Crippen LogP contribution in [0, 0.1) is 6.92 Å². The molecule has 0 aromatic heterocycles. The summed E-state index contributed by atoms with van der Waals surface area (Å²) < 4.78 is 0. The summed E-state index contributed by atoms with van der Waals surface area (Å²) in [5.74, 6) is 0.580. The number of aryl methyl sites for hydroxylation is 1. The summed E-state index contributed by atoms with van der Waals surface area (Å²) in [7, 11) is 0. The molecular weight excluding hydrogens is 244 g/mol. The fourth-order valence-corrected chi connectivity index (χ4v) is 2.66. The number of benzene rings is 3. The van der Waals surface area contributed by atoms with Gasteiger partial charge >= 0.3 is 0 Å². The molecule has 1 atom stereocenters. The van der Waals surface area contributed by atoms with Crippen LogP contribution in [0.2, 0.25) is 0 Å². The molecule has 0 spiro atoms. The third-order valence-electron chi connectivity index (χ3n) is 3.98. The highest BCUT2D eigenvalue weighted by Gasteiger charge is 2.14. The van der Waals surface area contributed by atoms with Crippen LogP contribution in [0.25, 0.3) is 10.8 Å². The molecule has 3 rings (SSSR count). The van der Waals surface area contributed by atoms with Gasteiger partial charge in [-0.1, -0.05) is 73.2 Å². The molecule has 100 valence electrons. The van der Waals surface area contributed by atoms with Crippen molar-refractivity contribution in [3.05, 3.63) is 77.4 Å². The zero-order valence-electron chi connectivity index (χ0n) is 11.8. The first-order chi connectivity index (χ1) is 9.66. The van der Waals surface area contributed by atoms with Crippen molar-refractivity contribution in [2.45, 2.75) is 19.8 Å². The molecule has 20 heavy (non-hydrogen) atoms. The van der Waals surface area contributed by atoms with Crippen molar-refractivity contribution in [3.8, 4) is 5.75 Å². The zero-order valence-corrected chi connectivity index (χ0v) is 11.8. The quantitative estimate of drug-likeness (QED) is 0.688. The second kappa shape index (κ2) is 5.01. The largest absolute Gasteiger partial charge is 0.507 e. The van der Waals surface area contributed by atoms with Crippen LogP contribution in [0.4, 0.5) is 0 Å². The highest BCUT2D eigenvalue weighted by atomic mass is 16.3. The molecular formula is C19H18O. The first kappa shape index (κ1) is 12.7. The van der Waals surface area contributed by atoms with Crippen LogP contribution in [0.3, 0.4) is 0 Å². The van der Waals surface area contributed by atoms with Gasteiger partial charge in [-0.25, -0.2) is 0 Å². The lowest BCUT2D eigenvalue weighted by atomic mass is 9.90. The van der Waals surface area contributed by atoms with Gasteiger partial charge in [0.25, 0.3) is 0 Å². The number of hydrogen-bond acceptors (Lipinski definition) is 1. The van der Waals surface area contributed by atoms with Gasteiger partial charge in [0.1, 0.15) is 5.75 Å². The fraction of sp³-hybridized carbons (Fsp3) is 0.158. The van der Waals surface area contributed by atoms with Crippen LogP contribution in [0.15, 0.2) is 60.7 Å². The van der Waals surface area contributed by atoms with Gasteiger partial charge in [-0.05, 0) is 17.9 Å². The van der Waals surface area contributed by atoms with Crippen LogP contribution in [-0.4, -0.2) is 5.11 Å². The molecule has 3 aromatic carbocycles. The Morgan fingerprint density at radius 2 is 1.55 bits per heavy atom. The lowest BCUT2D eigenvalue weighted by Crippen LogP contribution is -1.97. The van der Waals surface area contributed by atoms with E-state index in [0.717, 1.165) is 16.3 Å². The van der Waals surface area contributed by atoms with Crippen molar-refractivity contribution in [2.24, 2.45) is 0 Å². The third kappa shape index (κ3) is 2.16. The van der Waals surface area contributed by atoms with E-state index in [-0.39, 0.29) is 5.92 Å². The van der Waals surface area contributed by atoms with Gasteiger partial charge in [0, 0.05) is 16.9 Å². The fourth-order valence-electron chi connectivity index (χ4n) is 2.66. The molecule has 0 radical (unpaired) electrons. The standard InChI is InChI=1S/C19H18O/c1-13-7-9-15(10-8-13)14(2)17-12-11-16-5-3-4-6-18(16)19(17)20/h3-12,14,20H,1-2H3. The third-order valence-corrected chi connectivity index (χ3v) is 3.98. The van der Waals surface area contributed by atoms with E-state index in [0.29, 0.717) is 5.75 Å². The van der Waals surface area contributed by atoms with E-state index in [2.05, 4.69) is 44.2 Å². The average Bonchev–Trinajstić information content (AvgIpc) is 2.48. The topological polar surface area (TPSA) is 20.2 Å². The molecule has 1 nitrogen and oxygen atoms in total. The maximum absolute atomic E-state index is 10.5. The van der Waals surface area contributed by atoms with Crippen LogP contribution >= 0.6 is 0 Å². The summed E-state index contributed by atoms with van der Waals surface area (Å²) in [5.41, 5.74) is 3.46. The van der Waals surface area contributed by atoms with Gasteiger partial charge in [0.2, 0.25) is 0 Å². The van der Waals surface area contributed by atoms with Gasteiger partial charge in [-0.15, -0.1) is 0 Å². The van der Waals surface area contributed by atoms with Gasteiger partial charge in [0.15, 0.2) is 0 Å². The number of aromatic hydroxyl groups is 1. The molecule has 3 aromatic rings. The number of fused-ring (bicyclic) bond motifs is 1. The Hall–Kier alpha value is -2.28. The highest BCUT2D eigenvalue weighted by molar-refractivity contribution is 5.89. The minimum absolute atomic E-state index is 0.181. The van der Waals surface area contributed by atoms with Crippen molar-refractivity contribution >= 4 is 10.8 Å². The number of hydrogen-bond donors (Lipinski definition) is 1. The molecule has 1 N–H and O–H groups in total. The predicted octanol–water partition coefficient (Wildman–Crippen LogP) is 5.01. The molecule has 1 unspecified atom stereocenters. The summed E-state index contributed by atoms with van der Waals surface area (Å²) in [6, 6.07) is 20.5. The molecule has 1 heteroatoms. The monoisotopic (exact) mass is 262 g/mol. The summed E-state index contributed by atoms with van der Waals surface area (Å²) in [6.07, 6.45) is 0. The summed E-state index contributed by atoms with van der Waals surface area (Å²) >= 11 is 0. The SMILES string of the molecule is Cc1ccc(C(C)c2ccc3ccccc3c2O)cc1. The van der Waals surface area contributed by atoms with Crippen LogP contribution in [0.1, 0.15) is 29.5 Å². The maximum Gasteiger partial charge on any atom is 0.127 e. The van der Waals surface area contributed by atoms with E-state index >= 15 is 0 Å². The van der Waals surface area contributed by atoms with Crippen molar-refractivity contribution in [2.75, 3.05) is 0 Å².